The lowest BCUT2D eigenvalue weighted by Gasteiger charge is -2.16. The van der Waals surface area contributed by atoms with Gasteiger partial charge in [-0.25, -0.2) is 29.3 Å². The number of carboxylic acids is 3. The minimum atomic E-state index is -4.76. The number of aromatic nitrogens is 3. The van der Waals surface area contributed by atoms with Crippen LogP contribution in [-0.2, 0) is 18.5 Å². The fourth-order valence-corrected chi connectivity index (χ4v) is 4.04. The minimum Gasteiger partial charge on any atom is -0.481 e. The molecule has 3 aromatic heterocycles. The Kier molecular flexibility index (Phi) is 18.1. The molecule has 3 N–H and O–H groups in total. The van der Waals surface area contributed by atoms with Gasteiger partial charge in [0.1, 0.15) is 5.15 Å². The quantitative estimate of drug-likeness (QED) is 0.112. The highest BCUT2D eigenvalue weighted by Crippen LogP contribution is 2.35. The van der Waals surface area contributed by atoms with Crippen molar-refractivity contribution in [3.05, 3.63) is 75.3 Å². The predicted octanol–water partition coefficient (Wildman–Crippen LogP) is 9.73. The number of halogens is 10. The summed E-state index contributed by atoms with van der Waals surface area (Å²) >= 11 is 5.22. The first kappa shape index (κ1) is 49.6. The summed E-state index contributed by atoms with van der Waals surface area (Å²) in [6.07, 6.45) is -12.4. The minimum absolute atomic E-state index is 0.208. The molecule has 0 radical (unpaired) electrons. The molecule has 0 aromatic carbocycles. The van der Waals surface area contributed by atoms with E-state index in [0.717, 1.165) is 13.2 Å². The normalized spacial score (nSPS) is 11.7. The lowest BCUT2D eigenvalue weighted by molar-refractivity contribution is -0.139. The van der Waals surface area contributed by atoms with Gasteiger partial charge in [-0.05, 0) is 12.1 Å². The highest BCUT2D eigenvalue weighted by Gasteiger charge is 2.38. The van der Waals surface area contributed by atoms with E-state index in [-0.39, 0.29) is 18.4 Å². The Morgan fingerprint density at radius 3 is 1.26 bits per heavy atom. The molecule has 3 rings (SSSR count). The van der Waals surface area contributed by atoms with E-state index < -0.39 is 91.1 Å². The molecule has 0 fully saturated rings. The van der Waals surface area contributed by atoms with Crippen LogP contribution in [0.25, 0.3) is 0 Å². The number of nitrogens with zero attached hydrogens (tertiary/aromatic N) is 3. The lowest BCUT2D eigenvalue weighted by Crippen LogP contribution is -2.22. The first-order valence-electron chi connectivity index (χ1n) is 14.9. The zero-order chi connectivity index (χ0) is 42.6. The van der Waals surface area contributed by atoms with E-state index in [9.17, 15) is 53.9 Å². The number of methoxy groups -OCH3 is 1. The number of carboxylic acid groups (broad SMARTS) is 3. The van der Waals surface area contributed by atoms with Crippen molar-refractivity contribution in [2.75, 3.05) is 13.7 Å². The van der Waals surface area contributed by atoms with Crippen molar-refractivity contribution in [3.8, 4) is 11.8 Å². The van der Waals surface area contributed by atoms with E-state index in [1.807, 2.05) is 0 Å². The van der Waals surface area contributed by atoms with Gasteiger partial charge in [0.15, 0.2) is 0 Å². The standard InChI is InChI=1S/C12H16F3NO3Si.C8H6F3NO3.C7H3ClF3NO2.C4H12Si/c1-20(2,3)5-4-19-10-6-9(12(13,14)15)8(7-16-10)11(17)18;1-15-6-2-5(8(9,10)11)4(3-12-6)7(13)14;8-5-1-4(7(9,10)11)3(2-12-5)6(13)14;1-5(2,3)4/h6-7H,4-5H2,1-3H3,(H,17,18);2-3H,1H3,(H,13,14);1-2H,(H,13,14);1-4H3. The average molecular weight is 842 g/mol. The summed E-state index contributed by atoms with van der Waals surface area (Å²) in [5, 5.41) is 25.3. The molecule has 302 valence electrons. The topological polar surface area (TPSA) is 169 Å². The van der Waals surface area contributed by atoms with Crippen molar-refractivity contribution in [1.29, 1.82) is 0 Å². The van der Waals surface area contributed by atoms with Gasteiger partial charge in [-0.2, -0.15) is 39.5 Å². The molecule has 0 amide bonds. The van der Waals surface area contributed by atoms with Crippen molar-refractivity contribution < 1.29 is 78.7 Å². The Bertz CT molecular complexity index is 1740. The first-order valence-corrected chi connectivity index (χ1v) is 23.0. The molecule has 3 aromatic rings. The predicted molar refractivity (Wildman–Crippen MR) is 183 cm³/mol. The Morgan fingerprint density at radius 1 is 0.630 bits per heavy atom. The van der Waals surface area contributed by atoms with E-state index >= 15 is 0 Å². The molecule has 0 saturated carbocycles. The smallest absolute Gasteiger partial charge is 0.417 e. The van der Waals surface area contributed by atoms with Gasteiger partial charge in [-0.3, -0.25) is 0 Å². The molecule has 23 heteroatoms. The van der Waals surface area contributed by atoms with Crippen LogP contribution in [0.1, 0.15) is 47.8 Å². The van der Waals surface area contributed by atoms with Crippen molar-refractivity contribution in [2.45, 2.75) is 70.4 Å². The van der Waals surface area contributed by atoms with Gasteiger partial charge < -0.3 is 24.8 Å². The Morgan fingerprint density at radius 2 is 0.944 bits per heavy atom. The van der Waals surface area contributed by atoms with Crippen LogP contribution < -0.4 is 9.47 Å². The molecule has 0 saturated heterocycles. The highest BCUT2D eigenvalue weighted by atomic mass is 35.5. The van der Waals surface area contributed by atoms with Crippen molar-refractivity contribution in [3.63, 3.8) is 0 Å². The molecule has 0 aliphatic heterocycles. The average Bonchev–Trinajstić information content (AvgIpc) is 2.98. The molecular formula is C31H37ClF9N3O8Si2. The van der Waals surface area contributed by atoms with Gasteiger partial charge in [0.2, 0.25) is 11.8 Å². The third-order valence-electron chi connectivity index (χ3n) is 5.55. The van der Waals surface area contributed by atoms with Gasteiger partial charge in [-0.1, -0.05) is 57.4 Å². The van der Waals surface area contributed by atoms with Gasteiger partial charge in [0, 0.05) is 46.9 Å². The summed E-state index contributed by atoms with van der Waals surface area (Å²) in [5.41, 5.74) is -6.52. The zero-order valence-corrected chi connectivity index (χ0v) is 32.6. The molecule has 0 unspecified atom stereocenters. The summed E-state index contributed by atoms with van der Waals surface area (Å²) in [6.45, 7) is 15.9. The largest absolute Gasteiger partial charge is 0.481 e. The van der Waals surface area contributed by atoms with Crippen LogP contribution in [-0.4, -0.2) is 78.0 Å². The first-order chi connectivity index (χ1) is 24.2. The second kappa shape index (κ2) is 19.8. The van der Waals surface area contributed by atoms with E-state index in [1.54, 1.807) is 0 Å². The third-order valence-corrected chi connectivity index (χ3v) is 7.46. The van der Waals surface area contributed by atoms with Gasteiger partial charge in [-0.15, -0.1) is 0 Å². The maximum Gasteiger partial charge on any atom is 0.417 e. The summed E-state index contributed by atoms with van der Waals surface area (Å²) in [7, 11) is -0.829. The van der Waals surface area contributed by atoms with Crippen LogP contribution in [0.4, 0.5) is 39.5 Å². The number of carbonyl (C=O) groups is 3. The van der Waals surface area contributed by atoms with Gasteiger partial charge in [0.25, 0.3) is 0 Å². The molecule has 54 heavy (non-hydrogen) atoms. The molecular weight excluding hydrogens is 805 g/mol. The SMILES string of the molecule is COc1cc(C(F)(F)F)c(C(=O)O)cn1.C[Si](C)(C)C.C[Si](C)(C)CCOc1cc(C(F)(F)F)c(C(=O)O)cn1.O=C(O)c1cnc(Cl)cc1C(F)(F)F. The molecule has 3 heterocycles. The van der Waals surface area contributed by atoms with Crippen LogP contribution in [0.5, 0.6) is 11.8 Å². The molecule has 0 atom stereocenters. The van der Waals surface area contributed by atoms with Gasteiger partial charge >= 0.3 is 36.4 Å². The van der Waals surface area contributed by atoms with Crippen LogP contribution in [0, 0.1) is 0 Å². The lowest BCUT2D eigenvalue weighted by atomic mass is 10.1. The second-order valence-electron chi connectivity index (χ2n) is 13.5. The van der Waals surface area contributed by atoms with Gasteiger partial charge in [0.05, 0.1) is 47.1 Å². The van der Waals surface area contributed by atoms with Crippen LogP contribution in [0.15, 0.2) is 36.8 Å². The van der Waals surface area contributed by atoms with Crippen molar-refractivity contribution in [1.82, 2.24) is 15.0 Å². The van der Waals surface area contributed by atoms with Crippen LogP contribution in [0.2, 0.25) is 57.0 Å². The number of pyridine rings is 3. The van der Waals surface area contributed by atoms with Crippen LogP contribution in [0.3, 0.4) is 0 Å². The van der Waals surface area contributed by atoms with E-state index in [2.05, 4.69) is 65.5 Å². The summed E-state index contributed by atoms with van der Waals surface area (Å²) in [6, 6.07) is 2.43. The number of aromatic carboxylic acids is 3. The Balaban J connectivity index is 0.000000744. The summed E-state index contributed by atoms with van der Waals surface area (Å²) in [4.78, 5) is 41.9. The zero-order valence-electron chi connectivity index (χ0n) is 29.9. The molecule has 11 nitrogen and oxygen atoms in total. The highest BCUT2D eigenvalue weighted by molar-refractivity contribution is 6.76. The molecule has 0 bridgehead atoms. The third kappa shape index (κ3) is 19.0. The number of ether oxygens (including phenoxy) is 2. The second-order valence-corrected chi connectivity index (χ2v) is 25.5. The van der Waals surface area contributed by atoms with Crippen LogP contribution >= 0.6 is 11.6 Å². The van der Waals surface area contributed by atoms with Crippen molar-refractivity contribution in [2.24, 2.45) is 0 Å². The number of rotatable bonds is 8. The molecule has 0 aliphatic carbocycles. The molecule has 0 spiro atoms. The van der Waals surface area contributed by atoms with E-state index in [1.165, 1.54) is 0 Å². The maximum atomic E-state index is 12.8. The summed E-state index contributed by atoms with van der Waals surface area (Å²) < 4.78 is 122. The maximum absolute atomic E-state index is 12.8. The number of hydrogen-bond acceptors (Lipinski definition) is 8. The molecule has 0 aliphatic rings. The van der Waals surface area contributed by atoms with Crippen molar-refractivity contribution >= 4 is 45.7 Å². The fourth-order valence-electron chi connectivity index (χ4n) is 3.17. The monoisotopic (exact) mass is 841 g/mol. The summed E-state index contributed by atoms with van der Waals surface area (Å²) in [5.74, 6) is -5.54. The fraction of sp³-hybridized carbons (Fsp3) is 0.419. The Hall–Kier alpha value is -4.45. The van der Waals surface area contributed by atoms with E-state index in [4.69, 9.17) is 31.7 Å². The number of hydrogen-bond donors (Lipinski definition) is 3. The van der Waals surface area contributed by atoms with E-state index in [0.29, 0.717) is 36.8 Å². The number of alkyl halides is 9. The Labute approximate surface area is 310 Å².